The molecule has 0 unspecified atom stereocenters. The van der Waals surface area contributed by atoms with Crippen molar-refractivity contribution in [2.24, 2.45) is 5.10 Å². The lowest BCUT2D eigenvalue weighted by Crippen LogP contribution is -1.99. The average Bonchev–Trinajstić information content (AvgIpc) is 2.40. The average molecular weight is 239 g/mol. The predicted molar refractivity (Wildman–Crippen MR) is 64.6 cm³/mol. The van der Waals surface area contributed by atoms with Crippen LogP contribution in [0.25, 0.3) is 0 Å². The Morgan fingerprint density at radius 2 is 2.06 bits per heavy atom. The zero-order chi connectivity index (χ0) is 13.4. The Bertz CT molecular complexity index is 570. The summed E-state index contributed by atoms with van der Waals surface area (Å²) in [5.74, 6) is 0.427. The number of anilines is 1. The summed E-state index contributed by atoms with van der Waals surface area (Å²) in [6.45, 7) is 2.24. The summed E-state index contributed by atoms with van der Waals surface area (Å²) in [6, 6.07) is 10.0. The Kier molecular flexibility index (Phi) is 4.72. The van der Waals surface area contributed by atoms with Crippen LogP contribution in [-0.2, 0) is 0 Å². The molecule has 0 heterocycles. The molecule has 1 N–H and O–H groups in total. The second-order valence-electron chi connectivity index (χ2n) is 3.05. The molecule has 0 aliphatic rings. The first kappa shape index (κ1) is 13.0. The van der Waals surface area contributed by atoms with Gasteiger partial charge in [-0.25, -0.2) is 0 Å². The van der Waals surface area contributed by atoms with Gasteiger partial charge in [0.25, 0.3) is 0 Å². The molecule has 1 aromatic rings. The molecule has 0 atom stereocenters. The normalized spacial score (nSPS) is 8.33. The maximum absolute atomic E-state index is 8.87. The molecule has 88 valence electrons. The molecule has 6 nitrogen and oxygen atoms in total. The molecule has 0 bridgehead atoms. The van der Waals surface area contributed by atoms with Gasteiger partial charge in [-0.1, -0.05) is 0 Å². The highest BCUT2D eigenvalue weighted by Crippen LogP contribution is 2.22. The second-order valence-corrected chi connectivity index (χ2v) is 3.05. The van der Waals surface area contributed by atoms with Crippen LogP contribution in [0.4, 0.5) is 5.69 Å². The minimum absolute atomic E-state index is 0.280. The van der Waals surface area contributed by atoms with Gasteiger partial charge in [-0.3, -0.25) is 5.43 Å². The van der Waals surface area contributed by atoms with E-state index < -0.39 is 0 Å². The minimum atomic E-state index is -0.280. The van der Waals surface area contributed by atoms with Crippen LogP contribution in [0.15, 0.2) is 23.3 Å². The van der Waals surface area contributed by atoms with E-state index in [9.17, 15) is 0 Å². The van der Waals surface area contributed by atoms with E-state index in [0.717, 1.165) is 0 Å². The van der Waals surface area contributed by atoms with Crippen LogP contribution in [0.2, 0.25) is 0 Å². The van der Waals surface area contributed by atoms with E-state index in [-0.39, 0.29) is 5.71 Å². The maximum atomic E-state index is 8.87. The third-order valence-electron chi connectivity index (χ3n) is 1.91. The van der Waals surface area contributed by atoms with Gasteiger partial charge in [0, 0.05) is 6.07 Å². The van der Waals surface area contributed by atoms with E-state index in [4.69, 9.17) is 20.5 Å². The van der Waals surface area contributed by atoms with E-state index in [1.807, 2.05) is 13.0 Å². The lowest BCUT2D eigenvalue weighted by molar-refractivity contribution is 0.339. The standard InChI is InChI=1S/C12H9N5O/c1-2-18-12-5-10(4-3-9(12)6-13)16-17-11(7-14)8-15/h3-5,16H,2H2,1H3. The van der Waals surface area contributed by atoms with Gasteiger partial charge in [0.1, 0.15) is 24.0 Å². The summed E-state index contributed by atoms with van der Waals surface area (Å²) in [5.41, 5.74) is 3.21. The third-order valence-corrected chi connectivity index (χ3v) is 1.91. The first-order valence-electron chi connectivity index (χ1n) is 5.06. The fourth-order valence-corrected chi connectivity index (χ4v) is 1.15. The predicted octanol–water partition coefficient (Wildman–Crippen LogP) is 1.77. The van der Waals surface area contributed by atoms with Gasteiger partial charge in [0.15, 0.2) is 0 Å². The SMILES string of the molecule is CCOc1cc(NN=C(C#N)C#N)ccc1C#N. The first-order valence-corrected chi connectivity index (χ1v) is 5.06. The van der Waals surface area contributed by atoms with Crippen molar-refractivity contribution >= 4 is 11.4 Å². The molecule has 0 saturated heterocycles. The lowest BCUT2D eigenvalue weighted by atomic mass is 10.2. The number of rotatable bonds is 4. The van der Waals surface area contributed by atoms with Gasteiger partial charge >= 0.3 is 0 Å². The van der Waals surface area contributed by atoms with Crippen LogP contribution >= 0.6 is 0 Å². The highest BCUT2D eigenvalue weighted by Gasteiger charge is 2.04. The van der Waals surface area contributed by atoms with Crippen LogP contribution in [0.1, 0.15) is 12.5 Å². The van der Waals surface area contributed by atoms with E-state index >= 15 is 0 Å². The van der Waals surface area contributed by atoms with Crippen LogP contribution in [0.3, 0.4) is 0 Å². The number of nitrogens with zero attached hydrogens (tertiary/aromatic N) is 4. The number of hydrogen-bond acceptors (Lipinski definition) is 6. The van der Waals surface area contributed by atoms with Crippen LogP contribution in [0, 0.1) is 34.0 Å². The molecule has 1 rings (SSSR count). The van der Waals surface area contributed by atoms with Gasteiger partial charge in [0.2, 0.25) is 5.71 Å². The molecule has 0 aromatic heterocycles. The summed E-state index contributed by atoms with van der Waals surface area (Å²) < 4.78 is 5.29. The van der Waals surface area contributed by atoms with Gasteiger partial charge in [-0.15, -0.1) is 0 Å². The highest BCUT2D eigenvalue weighted by atomic mass is 16.5. The molecule has 18 heavy (non-hydrogen) atoms. The topological polar surface area (TPSA) is 105 Å². The fourth-order valence-electron chi connectivity index (χ4n) is 1.15. The molecule has 0 spiro atoms. The molecular weight excluding hydrogens is 230 g/mol. The summed E-state index contributed by atoms with van der Waals surface area (Å²) in [4.78, 5) is 0. The van der Waals surface area contributed by atoms with Crippen molar-refractivity contribution in [2.45, 2.75) is 6.92 Å². The Balaban J connectivity index is 2.97. The Hall–Kier alpha value is -3.04. The molecule has 0 saturated carbocycles. The van der Waals surface area contributed by atoms with E-state index in [0.29, 0.717) is 23.6 Å². The molecule has 0 aliphatic heterocycles. The Morgan fingerprint density at radius 1 is 1.33 bits per heavy atom. The van der Waals surface area contributed by atoms with Crippen molar-refractivity contribution in [1.29, 1.82) is 15.8 Å². The molecule has 6 heteroatoms. The zero-order valence-corrected chi connectivity index (χ0v) is 9.64. The summed E-state index contributed by atoms with van der Waals surface area (Å²) in [5, 5.41) is 29.5. The van der Waals surface area contributed by atoms with Crippen molar-refractivity contribution in [3.63, 3.8) is 0 Å². The maximum Gasteiger partial charge on any atom is 0.237 e. The summed E-state index contributed by atoms with van der Waals surface area (Å²) >= 11 is 0. The summed E-state index contributed by atoms with van der Waals surface area (Å²) in [7, 11) is 0. The van der Waals surface area contributed by atoms with Gasteiger partial charge in [-0.2, -0.15) is 20.9 Å². The number of hydrazone groups is 1. The minimum Gasteiger partial charge on any atom is -0.492 e. The first-order chi connectivity index (χ1) is 8.74. The number of nitriles is 3. The smallest absolute Gasteiger partial charge is 0.237 e. The van der Waals surface area contributed by atoms with Crippen molar-refractivity contribution < 1.29 is 4.74 Å². The summed E-state index contributed by atoms with van der Waals surface area (Å²) in [6.07, 6.45) is 0. The van der Waals surface area contributed by atoms with Crippen molar-refractivity contribution in [1.82, 2.24) is 0 Å². The molecule has 0 aliphatic carbocycles. The third kappa shape index (κ3) is 3.23. The number of nitrogens with one attached hydrogen (secondary N) is 1. The van der Waals surface area contributed by atoms with Crippen LogP contribution in [0.5, 0.6) is 5.75 Å². The Labute approximate surface area is 104 Å². The van der Waals surface area contributed by atoms with E-state index in [1.165, 1.54) is 0 Å². The van der Waals surface area contributed by atoms with Gasteiger partial charge < -0.3 is 4.74 Å². The van der Waals surface area contributed by atoms with E-state index in [2.05, 4.69) is 10.5 Å². The zero-order valence-electron chi connectivity index (χ0n) is 9.64. The monoisotopic (exact) mass is 239 g/mol. The Morgan fingerprint density at radius 3 is 2.61 bits per heavy atom. The van der Waals surface area contributed by atoms with Crippen LogP contribution < -0.4 is 10.2 Å². The van der Waals surface area contributed by atoms with Gasteiger partial charge in [-0.05, 0) is 19.1 Å². The number of benzene rings is 1. The molecule has 0 radical (unpaired) electrons. The van der Waals surface area contributed by atoms with Crippen molar-refractivity contribution in [2.75, 3.05) is 12.0 Å². The molecule has 1 aromatic carbocycles. The molecule has 0 fully saturated rings. The van der Waals surface area contributed by atoms with Gasteiger partial charge in [0.05, 0.1) is 17.9 Å². The van der Waals surface area contributed by atoms with Crippen molar-refractivity contribution in [3.8, 4) is 24.0 Å². The number of ether oxygens (including phenoxy) is 1. The quantitative estimate of drug-likeness (QED) is 0.636. The molecule has 0 amide bonds. The van der Waals surface area contributed by atoms with E-state index in [1.54, 1.807) is 30.3 Å². The second kappa shape index (κ2) is 6.52. The highest BCUT2D eigenvalue weighted by molar-refractivity contribution is 6.10. The lowest BCUT2D eigenvalue weighted by Gasteiger charge is -2.07. The number of hydrogen-bond donors (Lipinski definition) is 1. The van der Waals surface area contributed by atoms with Crippen LogP contribution in [-0.4, -0.2) is 12.3 Å². The molecular formula is C12H9N5O. The largest absolute Gasteiger partial charge is 0.492 e. The van der Waals surface area contributed by atoms with Crippen molar-refractivity contribution in [3.05, 3.63) is 23.8 Å². The fraction of sp³-hybridized carbons (Fsp3) is 0.167.